The Hall–Kier alpha value is -2.10. The largest absolute Gasteiger partial charge is 0.288 e. The minimum Gasteiger partial charge on any atom is -0.288 e. The van der Waals surface area contributed by atoms with Crippen molar-refractivity contribution < 1.29 is 18.0 Å². The molecule has 0 heterocycles. The Morgan fingerprint density at radius 2 is 1.63 bits per heavy atom. The second-order valence-corrected chi connectivity index (χ2v) is 4.39. The lowest BCUT2D eigenvalue weighted by Crippen LogP contribution is -2.10. The highest BCUT2D eigenvalue weighted by molar-refractivity contribution is 6.10. The normalized spacial score (nSPS) is 10.6. The number of carbonyl (C=O) groups is 1. The zero-order valence-corrected chi connectivity index (χ0v) is 10.4. The van der Waals surface area contributed by atoms with E-state index < -0.39 is 28.8 Å². The Kier molecular flexibility index (Phi) is 3.42. The van der Waals surface area contributed by atoms with Gasteiger partial charge in [-0.15, -0.1) is 0 Å². The molecule has 0 bridgehead atoms. The topological polar surface area (TPSA) is 17.1 Å². The van der Waals surface area contributed by atoms with Crippen molar-refractivity contribution >= 4 is 5.78 Å². The van der Waals surface area contributed by atoms with Gasteiger partial charge in [0.2, 0.25) is 0 Å². The molecule has 0 radical (unpaired) electrons. The molecule has 0 aliphatic carbocycles. The third kappa shape index (κ3) is 2.52. The van der Waals surface area contributed by atoms with Crippen LogP contribution in [0.4, 0.5) is 13.2 Å². The van der Waals surface area contributed by atoms with Gasteiger partial charge >= 0.3 is 0 Å². The Morgan fingerprint density at radius 1 is 0.947 bits per heavy atom. The molecule has 0 atom stereocenters. The fraction of sp³-hybridized carbons (Fsp3) is 0.133. The first-order valence-electron chi connectivity index (χ1n) is 5.66. The fourth-order valence-electron chi connectivity index (χ4n) is 2.01. The summed E-state index contributed by atoms with van der Waals surface area (Å²) in [6, 6.07) is 5.34. The van der Waals surface area contributed by atoms with Crippen molar-refractivity contribution in [3.05, 3.63) is 70.0 Å². The van der Waals surface area contributed by atoms with E-state index in [1.807, 2.05) is 0 Å². The molecule has 0 spiro atoms. The van der Waals surface area contributed by atoms with Crippen LogP contribution in [0.5, 0.6) is 0 Å². The summed E-state index contributed by atoms with van der Waals surface area (Å²) < 4.78 is 40.5. The van der Waals surface area contributed by atoms with Crippen LogP contribution < -0.4 is 0 Å². The monoisotopic (exact) mass is 264 g/mol. The van der Waals surface area contributed by atoms with E-state index >= 15 is 0 Å². The molecular weight excluding hydrogens is 253 g/mol. The summed E-state index contributed by atoms with van der Waals surface area (Å²) in [4.78, 5) is 12.1. The summed E-state index contributed by atoms with van der Waals surface area (Å²) >= 11 is 0. The van der Waals surface area contributed by atoms with E-state index in [0.29, 0.717) is 11.1 Å². The van der Waals surface area contributed by atoms with Crippen molar-refractivity contribution in [2.75, 3.05) is 0 Å². The minimum absolute atomic E-state index is 0.227. The molecule has 0 aliphatic heterocycles. The van der Waals surface area contributed by atoms with Gasteiger partial charge in [-0.2, -0.15) is 0 Å². The molecule has 0 saturated heterocycles. The maximum absolute atomic E-state index is 13.8. The molecular formula is C15H11F3O. The Bertz CT molecular complexity index is 639. The van der Waals surface area contributed by atoms with E-state index in [2.05, 4.69) is 0 Å². The molecule has 0 aliphatic rings. The van der Waals surface area contributed by atoms with E-state index in [-0.39, 0.29) is 5.56 Å². The first-order valence-corrected chi connectivity index (χ1v) is 5.66. The van der Waals surface area contributed by atoms with Crippen LogP contribution in [0.3, 0.4) is 0 Å². The van der Waals surface area contributed by atoms with Crippen LogP contribution >= 0.6 is 0 Å². The minimum atomic E-state index is -0.870. The third-order valence-corrected chi connectivity index (χ3v) is 2.83. The quantitative estimate of drug-likeness (QED) is 0.750. The van der Waals surface area contributed by atoms with Crippen LogP contribution in [0.1, 0.15) is 27.0 Å². The van der Waals surface area contributed by atoms with Crippen LogP contribution in [-0.4, -0.2) is 5.78 Å². The van der Waals surface area contributed by atoms with Crippen molar-refractivity contribution in [1.29, 1.82) is 0 Å². The van der Waals surface area contributed by atoms with E-state index in [0.717, 1.165) is 18.2 Å². The molecule has 98 valence electrons. The van der Waals surface area contributed by atoms with Crippen molar-refractivity contribution in [3.8, 4) is 0 Å². The van der Waals surface area contributed by atoms with Gasteiger partial charge in [0, 0.05) is 0 Å². The lowest BCUT2D eigenvalue weighted by Gasteiger charge is -2.08. The number of ketones is 1. The van der Waals surface area contributed by atoms with Gasteiger partial charge < -0.3 is 0 Å². The van der Waals surface area contributed by atoms with Crippen molar-refractivity contribution in [2.24, 2.45) is 0 Å². The van der Waals surface area contributed by atoms with Crippen molar-refractivity contribution in [3.63, 3.8) is 0 Å². The van der Waals surface area contributed by atoms with Crippen LogP contribution in [0, 0.1) is 31.3 Å². The van der Waals surface area contributed by atoms with E-state index in [9.17, 15) is 18.0 Å². The Morgan fingerprint density at radius 3 is 2.26 bits per heavy atom. The molecule has 1 nitrogen and oxygen atoms in total. The molecule has 0 aromatic heterocycles. The zero-order chi connectivity index (χ0) is 14.2. The Labute approximate surface area is 108 Å². The molecule has 19 heavy (non-hydrogen) atoms. The second-order valence-electron chi connectivity index (χ2n) is 4.39. The summed E-state index contributed by atoms with van der Waals surface area (Å²) in [5.41, 5.74) is 0.360. The molecule has 2 rings (SSSR count). The standard InChI is InChI=1S/C15H11F3O/c1-8-5-9(2)14(13(18)6-8)15(19)11-7-10(16)3-4-12(11)17/h3-7H,1-2H3. The number of halogens is 3. The van der Waals surface area contributed by atoms with E-state index in [1.54, 1.807) is 19.9 Å². The number of benzene rings is 2. The second kappa shape index (κ2) is 4.88. The average Bonchev–Trinajstić information content (AvgIpc) is 2.30. The highest BCUT2D eigenvalue weighted by Crippen LogP contribution is 2.21. The lowest BCUT2D eigenvalue weighted by molar-refractivity contribution is 0.103. The van der Waals surface area contributed by atoms with E-state index in [4.69, 9.17) is 0 Å². The summed E-state index contributed by atoms with van der Waals surface area (Å²) in [6.07, 6.45) is 0. The number of rotatable bonds is 2. The van der Waals surface area contributed by atoms with Gasteiger partial charge in [0.1, 0.15) is 17.5 Å². The number of hydrogen-bond donors (Lipinski definition) is 0. The molecule has 4 heteroatoms. The van der Waals surface area contributed by atoms with Gasteiger partial charge in [-0.1, -0.05) is 6.07 Å². The number of hydrogen-bond acceptors (Lipinski definition) is 1. The molecule has 2 aromatic rings. The summed E-state index contributed by atoms with van der Waals surface area (Å²) in [6.45, 7) is 3.24. The summed E-state index contributed by atoms with van der Waals surface area (Å²) in [7, 11) is 0. The average molecular weight is 264 g/mol. The molecule has 2 aromatic carbocycles. The van der Waals surface area contributed by atoms with Gasteiger partial charge in [-0.3, -0.25) is 4.79 Å². The van der Waals surface area contributed by atoms with Gasteiger partial charge in [0.05, 0.1) is 11.1 Å². The predicted molar refractivity (Wildman–Crippen MR) is 65.7 cm³/mol. The maximum Gasteiger partial charge on any atom is 0.199 e. The number of aryl methyl sites for hydroxylation is 2. The van der Waals surface area contributed by atoms with Gasteiger partial charge in [-0.25, -0.2) is 13.2 Å². The van der Waals surface area contributed by atoms with Gasteiger partial charge in [0.15, 0.2) is 5.78 Å². The highest BCUT2D eigenvalue weighted by Gasteiger charge is 2.20. The summed E-state index contributed by atoms with van der Waals surface area (Å²) in [5.74, 6) is -3.20. The first-order chi connectivity index (χ1) is 8.90. The molecule has 0 fully saturated rings. The highest BCUT2D eigenvalue weighted by atomic mass is 19.1. The lowest BCUT2D eigenvalue weighted by atomic mass is 9.96. The maximum atomic E-state index is 13.8. The number of carbonyl (C=O) groups excluding carboxylic acids is 1. The van der Waals surface area contributed by atoms with Gasteiger partial charge in [0.25, 0.3) is 0 Å². The molecule has 0 saturated carbocycles. The van der Waals surface area contributed by atoms with Crippen molar-refractivity contribution in [1.82, 2.24) is 0 Å². The SMILES string of the molecule is Cc1cc(C)c(C(=O)c2cc(F)ccc2F)c(F)c1. The summed E-state index contributed by atoms with van der Waals surface area (Å²) in [5, 5.41) is 0. The molecule has 0 N–H and O–H groups in total. The van der Waals surface area contributed by atoms with Crippen molar-refractivity contribution in [2.45, 2.75) is 13.8 Å². The fourth-order valence-corrected chi connectivity index (χ4v) is 2.01. The predicted octanol–water partition coefficient (Wildman–Crippen LogP) is 3.95. The third-order valence-electron chi connectivity index (χ3n) is 2.83. The zero-order valence-electron chi connectivity index (χ0n) is 10.4. The first kappa shape index (κ1) is 13.3. The van der Waals surface area contributed by atoms with Gasteiger partial charge in [-0.05, 0) is 49.2 Å². The van der Waals surface area contributed by atoms with Crippen LogP contribution in [-0.2, 0) is 0 Å². The smallest absolute Gasteiger partial charge is 0.199 e. The van der Waals surface area contributed by atoms with E-state index in [1.165, 1.54) is 6.07 Å². The van der Waals surface area contributed by atoms with Crippen LogP contribution in [0.2, 0.25) is 0 Å². The molecule has 0 amide bonds. The van der Waals surface area contributed by atoms with Crippen LogP contribution in [0.15, 0.2) is 30.3 Å². The molecule has 0 unspecified atom stereocenters. The Balaban J connectivity index is 2.59. The van der Waals surface area contributed by atoms with Crippen LogP contribution in [0.25, 0.3) is 0 Å².